The topological polar surface area (TPSA) is 42.2 Å². The first-order valence-corrected chi connectivity index (χ1v) is 16.2. The Morgan fingerprint density at radius 1 is 0.833 bits per heavy atom. The smallest absolute Gasteiger partial charge is 0.334 e. The first-order valence-electron chi connectivity index (χ1n) is 16.2. The van der Waals surface area contributed by atoms with Crippen molar-refractivity contribution in [1.29, 1.82) is 0 Å². The minimum absolute atomic E-state index is 0.0963. The van der Waals surface area contributed by atoms with E-state index in [9.17, 15) is 13.2 Å². The number of hydrogen-bond acceptors (Lipinski definition) is 4. The highest BCUT2D eigenvalue weighted by Crippen LogP contribution is 2.41. The van der Waals surface area contributed by atoms with Crippen molar-refractivity contribution in [3.05, 3.63) is 71.0 Å². The number of aromatic nitrogens is 2. The van der Waals surface area contributed by atoms with Crippen LogP contribution in [-0.2, 0) is 19.1 Å². The molecule has 0 bridgehead atoms. The molecule has 1 aromatic heterocycles. The van der Waals surface area contributed by atoms with Gasteiger partial charge in [-0.25, -0.2) is 0 Å². The Bertz CT molecular complexity index is 1170. The molecule has 3 aromatic rings. The molecule has 42 heavy (non-hydrogen) atoms. The molecule has 0 spiro atoms. The van der Waals surface area contributed by atoms with Crippen LogP contribution in [0.5, 0.6) is 0 Å². The monoisotopic (exact) mass is 583 g/mol. The molecule has 2 aromatic carbocycles. The quantitative estimate of drug-likeness (QED) is 0.148. The number of aryl methyl sites for hydroxylation is 1. The summed E-state index contributed by atoms with van der Waals surface area (Å²) in [6.45, 7) is 5.93. The van der Waals surface area contributed by atoms with Crippen molar-refractivity contribution < 1.29 is 17.7 Å². The molecule has 230 valence electrons. The van der Waals surface area contributed by atoms with Crippen LogP contribution in [0.25, 0.3) is 11.5 Å². The molecule has 7 heteroatoms. The number of benzene rings is 2. The second kappa shape index (κ2) is 16.3. The van der Waals surface area contributed by atoms with Gasteiger partial charge < -0.3 is 4.52 Å². The zero-order chi connectivity index (χ0) is 29.8. The average Bonchev–Trinajstić information content (AvgIpc) is 3.69. The van der Waals surface area contributed by atoms with E-state index in [1.165, 1.54) is 76.3 Å². The number of nitrogens with zero attached hydrogens (tertiary/aromatic N) is 3. The van der Waals surface area contributed by atoms with Crippen LogP contribution in [0.3, 0.4) is 0 Å². The van der Waals surface area contributed by atoms with Crippen molar-refractivity contribution in [2.24, 2.45) is 5.92 Å². The first kappa shape index (κ1) is 32.2. The van der Waals surface area contributed by atoms with Gasteiger partial charge in [0.2, 0.25) is 0 Å². The third kappa shape index (κ3) is 9.42. The van der Waals surface area contributed by atoms with Gasteiger partial charge in [0.15, 0.2) is 5.82 Å². The standard InChI is InChI=1S/C35H48F3N3O/c1-3-5-6-7-8-9-10-11-12-17-32-39-34(42-40-32)30-20-18-27(19-21-30)26-41(4-2)33(28-15-13-14-16-28)29-22-24-31(25-23-29)35(36,37)38/h18-25,28,33H,3-17,26H2,1-2H3. The van der Waals surface area contributed by atoms with Crippen LogP contribution in [0.15, 0.2) is 53.1 Å². The lowest BCUT2D eigenvalue weighted by Gasteiger charge is -2.36. The van der Waals surface area contributed by atoms with Crippen LogP contribution in [0.2, 0.25) is 0 Å². The number of hydrogen-bond donors (Lipinski definition) is 0. The van der Waals surface area contributed by atoms with Gasteiger partial charge >= 0.3 is 6.18 Å². The lowest BCUT2D eigenvalue weighted by Crippen LogP contribution is -2.32. The maximum absolute atomic E-state index is 13.2. The number of rotatable bonds is 17. The zero-order valence-electron chi connectivity index (χ0n) is 25.5. The summed E-state index contributed by atoms with van der Waals surface area (Å²) in [5.41, 5.74) is 2.44. The lowest BCUT2D eigenvalue weighted by atomic mass is 9.89. The van der Waals surface area contributed by atoms with E-state index < -0.39 is 11.7 Å². The highest BCUT2D eigenvalue weighted by molar-refractivity contribution is 5.53. The fourth-order valence-electron chi connectivity index (χ4n) is 6.38. The van der Waals surface area contributed by atoms with Crippen molar-refractivity contribution in [3.63, 3.8) is 0 Å². The Hall–Kier alpha value is -2.67. The van der Waals surface area contributed by atoms with Crippen molar-refractivity contribution in [1.82, 2.24) is 15.0 Å². The Kier molecular flexibility index (Phi) is 12.5. The predicted molar refractivity (Wildman–Crippen MR) is 163 cm³/mol. The van der Waals surface area contributed by atoms with Gasteiger partial charge in [0.05, 0.1) is 5.56 Å². The summed E-state index contributed by atoms with van der Waals surface area (Å²) in [5, 5.41) is 4.20. The summed E-state index contributed by atoms with van der Waals surface area (Å²) in [5.74, 6) is 1.77. The summed E-state index contributed by atoms with van der Waals surface area (Å²) in [4.78, 5) is 7.04. The molecule has 1 aliphatic carbocycles. The number of halogens is 3. The molecular weight excluding hydrogens is 535 g/mol. The fraction of sp³-hybridized carbons (Fsp3) is 0.600. The normalized spacial score (nSPS) is 15.1. The minimum atomic E-state index is -4.32. The molecule has 4 nitrogen and oxygen atoms in total. The summed E-state index contributed by atoms with van der Waals surface area (Å²) < 4.78 is 45.2. The van der Waals surface area contributed by atoms with Crippen LogP contribution in [0.1, 0.15) is 126 Å². The lowest BCUT2D eigenvalue weighted by molar-refractivity contribution is -0.137. The highest BCUT2D eigenvalue weighted by Gasteiger charge is 2.33. The average molecular weight is 584 g/mol. The van der Waals surface area contributed by atoms with Crippen LogP contribution in [-0.4, -0.2) is 21.6 Å². The Morgan fingerprint density at radius 2 is 1.45 bits per heavy atom. The summed E-state index contributed by atoms with van der Waals surface area (Å²) >= 11 is 0. The second-order valence-electron chi connectivity index (χ2n) is 12.0. The molecule has 0 amide bonds. The number of alkyl halides is 3. The first-order chi connectivity index (χ1) is 20.4. The molecule has 1 aliphatic rings. The second-order valence-corrected chi connectivity index (χ2v) is 12.0. The largest absolute Gasteiger partial charge is 0.416 e. The van der Waals surface area contributed by atoms with E-state index in [1.54, 1.807) is 12.1 Å². The van der Waals surface area contributed by atoms with Crippen LogP contribution in [0.4, 0.5) is 13.2 Å². The van der Waals surface area contributed by atoms with E-state index in [0.29, 0.717) is 11.8 Å². The highest BCUT2D eigenvalue weighted by atomic mass is 19.4. The molecule has 1 atom stereocenters. The van der Waals surface area contributed by atoms with Gasteiger partial charge in [-0.2, -0.15) is 18.2 Å². The predicted octanol–water partition coefficient (Wildman–Crippen LogP) is 10.6. The van der Waals surface area contributed by atoms with E-state index in [1.807, 2.05) is 12.1 Å². The van der Waals surface area contributed by atoms with E-state index >= 15 is 0 Å². The van der Waals surface area contributed by atoms with Gasteiger partial charge in [-0.05, 0) is 67.1 Å². The summed E-state index contributed by atoms with van der Waals surface area (Å²) in [6.07, 6.45) is 12.7. The molecule has 0 saturated heterocycles. The Labute approximate surface area is 250 Å². The van der Waals surface area contributed by atoms with Crippen molar-refractivity contribution in [2.45, 2.75) is 123 Å². The molecule has 1 saturated carbocycles. The van der Waals surface area contributed by atoms with Crippen molar-refractivity contribution in [3.8, 4) is 11.5 Å². The molecule has 4 rings (SSSR count). The Morgan fingerprint density at radius 3 is 2.05 bits per heavy atom. The van der Waals surface area contributed by atoms with Crippen LogP contribution < -0.4 is 0 Å². The summed E-state index contributed by atoms with van der Waals surface area (Å²) in [7, 11) is 0. The van der Waals surface area contributed by atoms with E-state index in [2.05, 4.69) is 41.0 Å². The molecule has 0 aliphatic heterocycles. The zero-order valence-corrected chi connectivity index (χ0v) is 25.5. The van der Waals surface area contributed by atoms with E-state index in [-0.39, 0.29) is 6.04 Å². The Balaban J connectivity index is 1.32. The third-order valence-electron chi connectivity index (χ3n) is 8.78. The molecule has 1 heterocycles. The molecule has 1 unspecified atom stereocenters. The van der Waals surface area contributed by atoms with Crippen molar-refractivity contribution in [2.75, 3.05) is 6.54 Å². The van der Waals surface area contributed by atoms with Crippen molar-refractivity contribution >= 4 is 0 Å². The van der Waals surface area contributed by atoms with Gasteiger partial charge in [0.25, 0.3) is 5.89 Å². The third-order valence-corrected chi connectivity index (χ3v) is 8.78. The maximum Gasteiger partial charge on any atom is 0.416 e. The molecular formula is C35H48F3N3O. The molecule has 0 radical (unpaired) electrons. The minimum Gasteiger partial charge on any atom is -0.334 e. The van der Waals surface area contributed by atoms with Gasteiger partial charge in [-0.3, -0.25) is 4.90 Å². The maximum atomic E-state index is 13.2. The fourth-order valence-corrected chi connectivity index (χ4v) is 6.38. The van der Waals surface area contributed by atoms with Gasteiger partial charge in [0, 0.05) is 24.6 Å². The van der Waals surface area contributed by atoms with E-state index in [0.717, 1.165) is 61.3 Å². The molecule has 0 N–H and O–H groups in total. The summed E-state index contributed by atoms with van der Waals surface area (Å²) in [6, 6.07) is 14.2. The van der Waals surface area contributed by atoms with Gasteiger partial charge in [-0.15, -0.1) is 0 Å². The number of unbranched alkanes of at least 4 members (excludes halogenated alkanes) is 8. The van der Waals surface area contributed by atoms with Gasteiger partial charge in [0.1, 0.15) is 0 Å². The van der Waals surface area contributed by atoms with E-state index in [4.69, 9.17) is 4.52 Å². The van der Waals surface area contributed by atoms with Crippen LogP contribution in [0, 0.1) is 5.92 Å². The van der Waals surface area contributed by atoms with Crippen LogP contribution >= 0.6 is 0 Å². The SMILES string of the molecule is CCCCCCCCCCCc1noc(-c2ccc(CN(CC)C(c3ccc(C(F)(F)F)cc3)C3CCCC3)cc2)n1. The van der Waals surface area contributed by atoms with Gasteiger partial charge in [-0.1, -0.05) is 107 Å². The molecule has 1 fully saturated rings.